The van der Waals surface area contributed by atoms with E-state index >= 15 is 0 Å². The molecule has 5 nitrogen and oxygen atoms in total. The minimum Gasteiger partial charge on any atom is -0.494 e. The second kappa shape index (κ2) is 7.33. The molecule has 1 aromatic rings. The van der Waals surface area contributed by atoms with E-state index in [2.05, 4.69) is 0 Å². The molecule has 122 valence electrons. The molecule has 0 radical (unpaired) electrons. The Hall–Kier alpha value is -1.27. The van der Waals surface area contributed by atoms with Crippen LogP contribution >= 0.6 is 10.7 Å². The van der Waals surface area contributed by atoms with Crippen LogP contribution in [0.15, 0.2) is 24.3 Å². The molecule has 1 aliphatic heterocycles. The van der Waals surface area contributed by atoms with Gasteiger partial charge in [0.1, 0.15) is 5.75 Å². The summed E-state index contributed by atoms with van der Waals surface area (Å²) in [6.45, 7) is 3.58. The van der Waals surface area contributed by atoms with E-state index in [0.717, 1.165) is 11.3 Å². The number of likely N-dealkylation sites (tertiary alicyclic amines) is 1. The molecule has 1 atom stereocenters. The van der Waals surface area contributed by atoms with Crippen LogP contribution in [0.3, 0.4) is 0 Å². The zero-order valence-electron chi connectivity index (χ0n) is 12.5. The van der Waals surface area contributed by atoms with E-state index in [4.69, 9.17) is 15.4 Å². The third-order valence-electron chi connectivity index (χ3n) is 3.61. The Morgan fingerprint density at radius 2 is 2.18 bits per heavy atom. The molecular formula is C15H20ClNO4S. The molecule has 0 N–H and O–H groups in total. The van der Waals surface area contributed by atoms with Gasteiger partial charge in [0.25, 0.3) is 0 Å². The average molecular weight is 346 g/mol. The number of amides is 1. The van der Waals surface area contributed by atoms with E-state index in [0.29, 0.717) is 26.1 Å². The number of carbonyl (C=O) groups excluding carboxylic acids is 1. The predicted molar refractivity (Wildman–Crippen MR) is 85.6 cm³/mol. The highest BCUT2D eigenvalue weighted by Crippen LogP contribution is 2.21. The first-order valence-corrected chi connectivity index (χ1v) is 9.77. The molecule has 0 aliphatic carbocycles. The third kappa shape index (κ3) is 5.18. The van der Waals surface area contributed by atoms with Crippen molar-refractivity contribution in [1.82, 2.24) is 4.90 Å². The van der Waals surface area contributed by atoms with Gasteiger partial charge in [0.05, 0.1) is 12.4 Å². The van der Waals surface area contributed by atoms with Crippen LogP contribution in [-0.4, -0.2) is 44.7 Å². The summed E-state index contributed by atoms with van der Waals surface area (Å²) in [7, 11) is 1.70. The second-order valence-corrected chi connectivity index (χ2v) is 8.27. The Labute approximate surface area is 135 Å². The fourth-order valence-electron chi connectivity index (χ4n) is 2.68. The monoisotopic (exact) mass is 345 g/mol. The van der Waals surface area contributed by atoms with Gasteiger partial charge in [0.2, 0.25) is 15.0 Å². The van der Waals surface area contributed by atoms with Gasteiger partial charge in [-0.1, -0.05) is 12.1 Å². The van der Waals surface area contributed by atoms with E-state index in [1.165, 1.54) is 0 Å². The minimum atomic E-state index is -3.56. The fourth-order valence-corrected chi connectivity index (χ4v) is 4.01. The topological polar surface area (TPSA) is 63.7 Å². The van der Waals surface area contributed by atoms with E-state index in [1.54, 1.807) is 4.90 Å². The van der Waals surface area contributed by atoms with Crippen LogP contribution in [0.5, 0.6) is 5.75 Å². The molecule has 0 aromatic heterocycles. The molecule has 1 saturated heterocycles. The summed E-state index contributed by atoms with van der Waals surface area (Å²) in [6, 6.07) is 7.78. The molecule has 1 aliphatic rings. The van der Waals surface area contributed by atoms with Gasteiger partial charge in [-0.25, -0.2) is 8.42 Å². The number of ether oxygens (including phenoxy) is 1. The normalized spacial score (nSPS) is 18.7. The number of benzene rings is 1. The van der Waals surface area contributed by atoms with Gasteiger partial charge in [-0.3, -0.25) is 4.79 Å². The van der Waals surface area contributed by atoms with Crippen molar-refractivity contribution in [1.29, 1.82) is 0 Å². The quantitative estimate of drug-likeness (QED) is 0.709. The standard InChI is InChI=1S/C15H20ClNO4S/c1-2-21-14-5-3-4-12(8-14)6-7-17-10-13(9-15(17)18)11-22(16,19)20/h3-5,8,13H,2,6-7,9-11H2,1H3. The van der Waals surface area contributed by atoms with Gasteiger partial charge in [-0.05, 0) is 31.0 Å². The Kier molecular flexibility index (Phi) is 5.69. The van der Waals surface area contributed by atoms with Crippen LogP contribution in [0.1, 0.15) is 18.9 Å². The number of halogens is 1. The van der Waals surface area contributed by atoms with Crippen molar-refractivity contribution in [3.8, 4) is 5.75 Å². The molecule has 1 unspecified atom stereocenters. The van der Waals surface area contributed by atoms with Crippen LogP contribution in [0.4, 0.5) is 0 Å². The maximum atomic E-state index is 11.9. The van der Waals surface area contributed by atoms with Crippen LogP contribution in [0.25, 0.3) is 0 Å². The van der Waals surface area contributed by atoms with Crippen molar-refractivity contribution in [3.05, 3.63) is 29.8 Å². The number of hydrogen-bond acceptors (Lipinski definition) is 4. The van der Waals surface area contributed by atoms with Crippen molar-refractivity contribution in [3.63, 3.8) is 0 Å². The van der Waals surface area contributed by atoms with Crippen LogP contribution < -0.4 is 4.74 Å². The molecule has 1 fully saturated rings. The molecule has 0 spiro atoms. The highest BCUT2D eigenvalue weighted by molar-refractivity contribution is 8.13. The van der Waals surface area contributed by atoms with Crippen molar-refractivity contribution in [2.24, 2.45) is 5.92 Å². The highest BCUT2D eigenvalue weighted by Gasteiger charge is 2.31. The smallest absolute Gasteiger partial charge is 0.232 e. The number of nitrogens with zero attached hydrogens (tertiary/aromatic N) is 1. The minimum absolute atomic E-state index is 0.00807. The summed E-state index contributed by atoms with van der Waals surface area (Å²) in [5, 5.41) is 0. The summed E-state index contributed by atoms with van der Waals surface area (Å²) >= 11 is 0. The van der Waals surface area contributed by atoms with Gasteiger partial charge in [0.15, 0.2) is 0 Å². The van der Waals surface area contributed by atoms with Crippen molar-refractivity contribution in [2.45, 2.75) is 19.8 Å². The van der Waals surface area contributed by atoms with Crippen molar-refractivity contribution < 1.29 is 17.9 Å². The molecule has 2 rings (SSSR count). The first kappa shape index (κ1) is 17.1. The molecule has 1 aromatic carbocycles. The van der Waals surface area contributed by atoms with Gasteiger partial charge >= 0.3 is 0 Å². The Morgan fingerprint density at radius 1 is 1.41 bits per heavy atom. The zero-order chi connectivity index (χ0) is 16.2. The second-order valence-electron chi connectivity index (χ2n) is 5.45. The van der Waals surface area contributed by atoms with Gasteiger partial charge in [-0.2, -0.15) is 0 Å². The number of carbonyl (C=O) groups is 1. The third-order valence-corrected chi connectivity index (χ3v) is 4.86. The summed E-state index contributed by atoms with van der Waals surface area (Å²) in [5.74, 6) is 0.464. The summed E-state index contributed by atoms with van der Waals surface area (Å²) in [6.07, 6.45) is 0.970. The first-order valence-electron chi connectivity index (χ1n) is 7.29. The lowest BCUT2D eigenvalue weighted by Crippen LogP contribution is -2.28. The molecule has 0 saturated carbocycles. The molecule has 22 heavy (non-hydrogen) atoms. The number of hydrogen-bond donors (Lipinski definition) is 0. The number of rotatable bonds is 7. The van der Waals surface area contributed by atoms with E-state index in [1.807, 2.05) is 31.2 Å². The molecular weight excluding hydrogens is 326 g/mol. The van der Waals surface area contributed by atoms with Crippen LogP contribution in [-0.2, 0) is 20.3 Å². The fraction of sp³-hybridized carbons (Fsp3) is 0.533. The molecule has 1 amide bonds. The summed E-state index contributed by atoms with van der Waals surface area (Å²) < 4.78 is 27.7. The molecule has 0 bridgehead atoms. The summed E-state index contributed by atoms with van der Waals surface area (Å²) in [4.78, 5) is 13.6. The maximum Gasteiger partial charge on any atom is 0.232 e. The lowest BCUT2D eigenvalue weighted by Gasteiger charge is -2.16. The van der Waals surface area contributed by atoms with E-state index in [9.17, 15) is 13.2 Å². The zero-order valence-corrected chi connectivity index (χ0v) is 14.1. The SMILES string of the molecule is CCOc1cccc(CCN2CC(CS(=O)(=O)Cl)CC2=O)c1. The van der Waals surface area contributed by atoms with Gasteiger partial charge < -0.3 is 9.64 Å². The van der Waals surface area contributed by atoms with Crippen molar-refractivity contribution >= 4 is 25.6 Å². The highest BCUT2D eigenvalue weighted by atomic mass is 35.7. The van der Waals surface area contributed by atoms with E-state index < -0.39 is 9.05 Å². The predicted octanol–water partition coefficient (Wildman–Crippen LogP) is 2.04. The maximum absolute atomic E-state index is 11.9. The van der Waals surface area contributed by atoms with Crippen molar-refractivity contribution in [2.75, 3.05) is 25.4 Å². The lowest BCUT2D eigenvalue weighted by molar-refractivity contribution is -0.127. The summed E-state index contributed by atoms with van der Waals surface area (Å²) in [5.41, 5.74) is 1.09. The van der Waals surface area contributed by atoms with Gasteiger partial charge in [-0.15, -0.1) is 0 Å². The van der Waals surface area contributed by atoms with Crippen LogP contribution in [0.2, 0.25) is 0 Å². The van der Waals surface area contributed by atoms with Gasteiger partial charge in [0, 0.05) is 36.1 Å². The Bertz CT molecular complexity index is 632. The van der Waals surface area contributed by atoms with Crippen LogP contribution in [0, 0.1) is 5.92 Å². The Balaban J connectivity index is 1.89. The lowest BCUT2D eigenvalue weighted by atomic mass is 10.1. The van der Waals surface area contributed by atoms with E-state index in [-0.39, 0.29) is 24.0 Å². The molecule has 7 heteroatoms. The average Bonchev–Trinajstić information content (AvgIpc) is 2.75. The molecule has 1 heterocycles. The largest absolute Gasteiger partial charge is 0.494 e. The first-order chi connectivity index (χ1) is 10.4. The Morgan fingerprint density at radius 3 is 2.86 bits per heavy atom.